The largest absolute Gasteiger partial charge is 0.352 e. The van der Waals surface area contributed by atoms with Crippen LogP contribution >= 0.6 is 34.8 Å². The lowest BCUT2D eigenvalue weighted by Gasteiger charge is -2.32. The molecule has 0 aromatic heterocycles. The molecule has 0 spiro atoms. The zero-order valence-corrected chi connectivity index (χ0v) is 22.5. The number of sulfonamides is 1. The van der Waals surface area contributed by atoms with Gasteiger partial charge >= 0.3 is 0 Å². The minimum atomic E-state index is -3.86. The van der Waals surface area contributed by atoms with Gasteiger partial charge in [-0.2, -0.15) is 0 Å². The summed E-state index contributed by atoms with van der Waals surface area (Å²) in [6.07, 6.45) is 1.71. The fourth-order valence-electron chi connectivity index (χ4n) is 3.13. The number of amides is 2. The van der Waals surface area contributed by atoms with Gasteiger partial charge in [0.2, 0.25) is 21.8 Å². The van der Waals surface area contributed by atoms with E-state index < -0.39 is 28.5 Å². The number of anilines is 1. The van der Waals surface area contributed by atoms with Crippen LogP contribution in [-0.2, 0) is 26.2 Å². The van der Waals surface area contributed by atoms with E-state index >= 15 is 0 Å². The Kier molecular flexibility index (Phi) is 10.1. The normalized spacial score (nSPS) is 13.1. The summed E-state index contributed by atoms with van der Waals surface area (Å²) < 4.78 is 26.0. The smallest absolute Gasteiger partial charge is 0.244 e. The molecule has 0 fully saturated rings. The van der Waals surface area contributed by atoms with Crippen molar-refractivity contribution in [2.75, 3.05) is 17.1 Å². The highest BCUT2D eigenvalue weighted by atomic mass is 35.5. The molecule has 11 heteroatoms. The maximum Gasteiger partial charge on any atom is 0.244 e. The van der Waals surface area contributed by atoms with Crippen molar-refractivity contribution in [1.82, 2.24) is 10.2 Å². The molecule has 0 radical (unpaired) electrons. The molecule has 0 saturated carbocycles. The molecule has 0 aliphatic rings. The molecule has 1 N–H and O–H groups in total. The van der Waals surface area contributed by atoms with Crippen LogP contribution in [0.25, 0.3) is 0 Å². The molecule has 0 bridgehead atoms. The van der Waals surface area contributed by atoms with Crippen molar-refractivity contribution in [3.8, 4) is 0 Å². The molecule has 2 aromatic carbocycles. The molecule has 34 heavy (non-hydrogen) atoms. The van der Waals surface area contributed by atoms with Crippen molar-refractivity contribution in [2.24, 2.45) is 0 Å². The predicted octanol–water partition coefficient (Wildman–Crippen LogP) is 4.74. The van der Waals surface area contributed by atoms with Gasteiger partial charge in [0.25, 0.3) is 0 Å². The van der Waals surface area contributed by atoms with Crippen molar-refractivity contribution in [3.05, 3.63) is 63.1 Å². The van der Waals surface area contributed by atoms with Gasteiger partial charge in [0.15, 0.2) is 0 Å². The number of para-hydroxylation sites is 1. The number of halogens is 3. The molecule has 7 nitrogen and oxygen atoms in total. The van der Waals surface area contributed by atoms with E-state index in [2.05, 4.69) is 5.32 Å². The lowest BCUT2D eigenvalue weighted by Crippen LogP contribution is -2.52. The predicted molar refractivity (Wildman–Crippen MR) is 138 cm³/mol. The lowest BCUT2D eigenvalue weighted by molar-refractivity contribution is -0.139. The van der Waals surface area contributed by atoms with E-state index in [0.717, 1.165) is 10.6 Å². The van der Waals surface area contributed by atoms with E-state index in [9.17, 15) is 18.0 Å². The monoisotopic (exact) mass is 547 g/mol. The maximum absolute atomic E-state index is 13.5. The molecule has 0 aliphatic heterocycles. The SMILES string of the molecule is CC[C@@H](C)NC(=O)[C@H](C)N(Cc1ccc(Cl)c(Cl)c1)C(=O)CN(c1ccccc1Cl)S(C)(=O)=O. The first-order valence-electron chi connectivity index (χ1n) is 10.6. The van der Waals surface area contributed by atoms with Crippen LogP contribution in [0.1, 0.15) is 32.8 Å². The number of nitrogens with one attached hydrogen (secondary N) is 1. The van der Waals surface area contributed by atoms with Crippen molar-refractivity contribution in [2.45, 2.75) is 45.8 Å². The van der Waals surface area contributed by atoms with Gasteiger partial charge in [-0.25, -0.2) is 8.42 Å². The first-order chi connectivity index (χ1) is 15.8. The van der Waals surface area contributed by atoms with Gasteiger partial charge in [0, 0.05) is 12.6 Å². The summed E-state index contributed by atoms with van der Waals surface area (Å²) in [5.74, 6) is -0.936. The molecular formula is C23H28Cl3N3O4S. The average Bonchev–Trinajstić information content (AvgIpc) is 2.77. The highest BCUT2D eigenvalue weighted by Gasteiger charge is 2.31. The number of hydrogen-bond acceptors (Lipinski definition) is 4. The van der Waals surface area contributed by atoms with Crippen LogP contribution in [0.5, 0.6) is 0 Å². The fourth-order valence-corrected chi connectivity index (χ4v) is 4.60. The van der Waals surface area contributed by atoms with Crippen LogP contribution < -0.4 is 9.62 Å². The number of nitrogens with zero attached hydrogens (tertiary/aromatic N) is 2. The van der Waals surface area contributed by atoms with Gasteiger partial charge in [-0.3, -0.25) is 13.9 Å². The van der Waals surface area contributed by atoms with Gasteiger partial charge in [-0.15, -0.1) is 0 Å². The van der Waals surface area contributed by atoms with Gasteiger partial charge in [0.05, 0.1) is 27.0 Å². The molecule has 0 saturated heterocycles. The van der Waals surface area contributed by atoms with E-state index in [1.54, 1.807) is 37.3 Å². The third-order valence-corrected chi connectivity index (χ3v) is 7.49. The Balaban J connectivity index is 2.42. The quantitative estimate of drug-likeness (QED) is 0.464. The Morgan fingerprint density at radius 3 is 2.21 bits per heavy atom. The molecule has 2 amide bonds. The fraction of sp³-hybridized carbons (Fsp3) is 0.391. The topological polar surface area (TPSA) is 86.8 Å². The highest BCUT2D eigenvalue weighted by molar-refractivity contribution is 7.92. The molecular weight excluding hydrogens is 521 g/mol. The number of carbonyl (C=O) groups excluding carboxylic acids is 2. The van der Waals surface area contributed by atoms with Crippen molar-refractivity contribution in [3.63, 3.8) is 0 Å². The molecule has 2 rings (SSSR count). The lowest BCUT2D eigenvalue weighted by atomic mass is 10.1. The standard InChI is InChI=1S/C23H28Cl3N3O4S/c1-5-15(2)27-23(31)16(3)28(13-17-10-11-18(24)20(26)12-17)22(30)14-29(34(4,32)33)21-9-7-6-8-19(21)25/h6-12,15-16H,5,13-14H2,1-4H3,(H,27,31)/t15-,16+/m1/s1. The summed E-state index contributed by atoms with van der Waals surface area (Å²) in [5, 5.41) is 3.70. The van der Waals surface area contributed by atoms with Gasteiger partial charge in [-0.1, -0.05) is 59.9 Å². The second-order valence-corrected chi connectivity index (χ2v) is 11.1. The Morgan fingerprint density at radius 1 is 1.00 bits per heavy atom. The van der Waals surface area contributed by atoms with Crippen LogP contribution in [0.4, 0.5) is 5.69 Å². The van der Waals surface area contributed by atoms with E-state index in [0.29, 0.717) is 22.0 Å². The van der Waals surface area contributed by atoms with Crippen LogP contribution in [0, 0.1) is 0 Å². The molecule has 0 aliphatic carbocycles. The Labute approximate surface area is 216 Å². The van der Waals surface area contributed by atoms with Crippen molar-refractivity contribution < 1.29 is 18.0 Å². The zero-order chi connectivity index (χ0) is 25.6. The summed E-state index contributed by atoms with van der Waals surface area (Å²) in [6, 6.07) is 10.2. The third-order valence-electron chi connectivity index (χ3n) is 5.31. The molecule has 2 aromatic rings. The van der Waals surface area contributed by atoms with E-state index in [4.69, 9.17) is 34.8 Å². The number of hydrogen-bond donors (Lipinski definition) is 1. The first kappa shape index (κ1) is 28.2. The van der Waals surface area contributed by atoms with Crippen molar-refractivity contribution >= 4 is 62.3 Å². The Morgan fingerprint density at radius 2 is 1.65 bits per heavy atom. The van der Waals surface area contributed by atoms with E-state index in [1.165, 1.54) is 17.0 Å². The minimum Gasteiger partial charge on any atom is -0.352 e. The Hall–Kier alpha value is -2.00. The van der Waals surface area contributed by atoms with E-state index in [1.807, 2.05) is 13.8 Å². The van der Waals surface area contributed by atoms with Crippen LogP contribution in [-0.4, -0.2) is 50.0 Å². The second kappa shape index (κ2) is 12.1. The number of rotatable bonds is 10. The van der Waals surface area contributed by atoms with E-state index in [-0.39, 0.29) is 29.2 Å². The molecule has 0 unspecified atom stereocenters. The maximum atomic E-state index is 13.5. The number of carbonyl (C=O) groups is 2. The zero-order valence-electron chi connectivity index (χ0n) is 19.4. The van der Waals surface area contributed by atoms with Crippen LogP contribution in [0.15, 0.2) is 42.5 Å². The van der Waals surface area contributed by atoms with Gasteiger partial charge < -0.3 is 10.2 Å². The minimum absolute atomic E-state index is 0.0188. The summed E-state index contributed by atoms with van der Waals surface area (Å²) in [5.41, 5.74) is 0.806. The molecule has 2 atom stereocenters. The summed E-state index contributed by atoms with van der Waals surface area (Å²) in [6.45, 7) is 4.86. The summed E-state index contributed by atoms with van der Waals surface area (Å²) in [7, 11) is -3.86. The second-order valence-electron chi connectivity index (χ2n) is 7.99. The Bertz CT molecular complexity index is 1140. The van der Waals surface area contributed by atoms with Crippen LogP contribution in [0.3, 0.4) is 0 Å². The summed E-state index contributed by atoms with van der Waals surface area (Å²) >= 11 is 18.4. The summed E-state index contributed by atoms with van der Waals surface area (Å²) in [4.78, 5) is 27.7. The number of benzene rings is 2. The van der Waals surface area contributed by atoms with Gasteiger partial charge in [0.1, 0.15) is 12.6 Å². The molecule has 0 heterocycles. The van der Waals surface area contributed by atoms with Crippen LogP contribution in [0.2, 0.25) is 15.1 Å². The van der Waals surface area contributed by atoms with Gasteiger partial charge in [-0.05, 0) is 50.1 Å². The molecule has 186 valence electrons. The van der Waals surface area contributed by atoms with Crippen molar-refractivity contribution in [1.29, 1.82) is 0 Å². The first-order valence-corrected chi connectivity index (χ1v) is 13.6. The highest BCUT2D eigenvalue weighted by Crippen LogP contribution is 2.28. The average molecular weight is 549 g/mol. The third kappa shape index (κ3) is 7.50.